The number of rotatable bonds is 4. The van der Waals surface area contributed by atoms with Gasteiger partial charge in [-0.3, -0.25) is 0 Å². The van der Waals surface area contributed by atoms with E-state index >= 15 is 0 Å². The van der Waals surface area contributed by atoms with Gasteiger partial charge < -0.3 is 10.6 Å². The molecule has 1 aromatic carbocycles. The van der Waals surface area contributed by atoms with Crippen LogP contribution < -0.4 is 10.6 Å². The molecule has 0 atom stereocenters. The molecule has 0 radical (unpaired) electrons. The van der Waals surface area contributed by atoms with Crippen LogP contribution in [0.15, 0.2) is 36.7 Å². The molecular formula is C13H12F2N4S. The lowest BCUT2D eigenvalue weighted by Crippen LogP contribution is -2.31. The predicted octanol–water partition coefficient (Wildman–Crippen LogP) is 2.28. The van der Waals surface area contributed by atoms with Crippen molar-refractivity contribution in [1.29, 1.82) is 0 Å². The van der Waals surface area contributed by atoms with Gasteiger partial charge in [-0.15, -0.1) is 0 Å². The summed E-state index contributed by atoms with van der Waals surface area (Å²) in [6.45, 7) is 0.302. The van der Waals surface area contributed by atoms with E-state index in [0.717, 1.165) is 0 Å². The Labute approximate surface area is 120 Å². The molecule has 0 saturated carbocycles. The molecule has 1 aromatic heterocycles. The van der Waals surface area contributed by atoms with E-state index in [1.165, 1.54) is 18.2 Å². The van der Waals surface area contributed by atoms with Gasteiger partial charge in [-0.1, -0.05) is 6.07 Å². The van der Waals surface area contributed by atoms with Gasteiger partial charge in [0.25, 0.3) is 0 Å². The van der Waals surface area contributed by atoms with E-state index in [-0.39, 0.29) is 12.0 Å². The van der Waals surface area contributed by atoms with Crippen molar-refractivity contribution in [2.75, 3.05) is 11.9 Å². The summed E-state index contributed by atoms with van der Waals surface area (Å²) in [5.74, 6) is -0.754. The molecule has 2 rings (SSSR count). The number of aromatic nitrogens is 2. The van der Waals surface area contributed by atoms with E-state index in [2.05, 4.69) is 20.6 Å². The van der Waals surface area contributed by atoms with Crippen molar-refractivity contribution in [2.24, 2.45) is 0 Å². The highest BCUT2D eigenvalue weighted by atomic mass is 32.1. The fourth-order valence-corrected chi connectivity index (χ4v) is 1.77. The van der Waals surface area contributed by atoms with Crippen LogP contribution in [0.3, 0.4) is 0 Å². The number of nitrogens with zero attached hydrogens (tertiary/aromatic N) is 2. The summed E-state index contributed by atoms with van der Waals surface area (Å²) in [6.07, 6.45) is 3.34. The zero-order chi connectivity index (χ0) is 14.4. The molecule has 0 aliphatic heterocycles. The van der Waals surface area contributed by atoms with Crippen LogP contribution in [-0.4, -0.2) is 21.6 Å². The molecule has 0 bridgehead atoms. The van der Waals surface area contributed by atoms with Gasteiger partial charge in [-0.05, 0) is 36.8 Å². The Morgan fingerprint density at radius 2 is 1.75 bits per heavy atom. The molecule has 0 amide bonds. The Balaban J connectivity index is 1.83. The standard InChI is InChI=1S/C13H12F2N4S/c14-10-3-1-4-11(15)9(10)5-8-18-13(20)19-12-16-6-2-7-17-12/h1-4,6-7H,5,8H2,(H2,16,17,18,19,20). The van der Waals surface area contributed by atoms with E-state index in [9.17, 15) is 8.78 Å². The van der Waals surface area contributed by atoms with Crippen LogP contribution in [0, 0.1) is 11.6 Å². The van der Waals surface area contributed by atoms with Crippen LogP contribution in [0.5, 0.6) is 0 Å². The molecule has 0 aliphatic carbocycles. The summed E-state index contributed by atoms with van der Waals surface area (Å²) in [7, 11) is 0. The largest absolute Gasteiger partial charge is 0.362 e. The number of thiocarbonyl (C=S) groups is 1. The van der Waals surface area contributed by atoms with Gasteiger partial charge in [0, 0.05) is 24.5 Å². The van der Waals surface area contributed by atoms with Crippen molar-refractivity contribution in [3.05, 3.63) is 53.9 Å². The van der Waals surface area contributed by atoms with E-state index in [0.29, 0.717) is 17.6 Å². The first-order valence-corrected chi connectivity index (χ1v) is 6.32. The van der Waals surface area contributed by atoms with Crippen LogP contribution in [0.2, 0.25) is 0 Å². The Kier molecular flexibility index (Phi) is 4.89. The number of benzene rings is 1. The lowest BCUT2D eigenvalue weighted by molar-refractivity contribution is 0.553. The topological polar surface area (TPSA) is 49.8 Å². The monoisotopic (exact) mass is 294 g/mol. The van der Waals surface area contributed by atoms with Crippen LogP contribution >= 0.6 is 12.2 Å². The highest BCUT2D eigenvalue weighted by molar-refractivity contribution is 7.80. The average molecular weight is 294 g/mol. The molecule has 0 fully saturated rings. The van der Waals surface area contributed by atoms with Gasteiger partial charge >= 0.3 is 0 Å². The third kappa shape index (κ3) is 3.92. The summed E-state index contributed by atoms with van der Waals surface area (Å²) in [5, 5.41) is 5.91. The molecule has 104 valence electrons. The van der Waals surface area contributed by atoms with Crippen molar-refractivity contribution in [1.82, 2.24) is 15.3 Å². The second-order valence-corrected chi connectivity index (χ2v) is 4.31. The summed E-state index contributed by atoms with van der Waals surface area (Å²) in [5.41, 5.74) is 0.0405. The quantitative estimate of drug-likeness (QED) is 0.847. The van der Waals surface area contributed by atoms with E-state index < -0.39 is 11.6 Å². The smallest absolute Gasteiger partial charge is 0.228 e. The Morgan fingerprint density at radius 1 is 1.10 bits per heavy atom. The third-order valence-corrected chi connectivity index (χ3v) is 2.76. The van der Waals surface area contributed by atoms with Crippen molar-refractivity contribution in [3.63, 3.8) is 0 Å². The minimum atomic E-state index is -0.558. The average Bonchev–Trinajstić information content (AvgIpc) is 2.43. The normalized spacial score (nSPS) is 10.1. The first-order chi connectivity index (χ1) is 9.66. The highest BCUT2D eigenvalue weighted by Crippen LogP contribution is 2.11. The van der Waals surface area contributed by atoms with Crippen LogP contribution in [0.4, 0.5) is 14.7 Å². The van der Waals surface area contributed by atoms with Crippen LogP contribution in [0.25, 0.3) is 0 Å². The van der Waals surface area contributed by atoms with Gasteiger partial charge in [-0.25, -0.2) is 18.7 Å². The maximum atomic E-state index is 13.4. The number of hydrogen-bond acceptors (Lipinski definition) is 3. The zero-order valence-electron chi connectivity index (χ0n) is 10.4. The zero-order valence-corrected chi connectivity index (χ0v) is 11.3. The van der Waals surface area contributed by atoms with Crippen molar-refractivity contribution >= 4 is 23.3 Å². The maximum Gasteiger partial charge on any atom is 0.228 e. The summed E-state index contributed by atoms with van der Waals surface area (Å²) in [4.78, 5) is 7.89. The molecule has 0 spiro atoms. The fourth-order valence-electron chi connectivity index (χ4n) is 1.58. The lowest BCUT2D eigenvalue weighted by atomic mass is 10.1. The SMILES string of the molecule is Fc1cccc(F)c1CCNC(=S)Nc1ncccn1. The number of nitrogens with one attached hydrogen (secondary N) is 2. The van der Waals surface area contributed by atoms with Gasteiger partial charge in [-0.2, -0.15) is 0 Å². The molecule has 20 heavy (non-hydrogen) atoms. The summed E-state index contributed by atoms with van der Waals surface area (Å²) >= 11 is 5.03. The fraction of sp³-hybridized carbons (Fsp3) is 0.154. The van der Waals surface area contributed by atoms with Crippen molar-refractivity contribution in [3.8, 4) is 0 Å². The van der Waals surface area contributed by atoms with Gasteiger partial charge in [0.05, 0.1) is 0 Å². The van der Waals surface area contributed by atoms with Gasteiger partial charge in [0.2, 0.25) is 5.95 Å². The third-order valence-electron chi connectivity index (χ3n) is 2.51. The molecular weight excluding hydrogens is 282 g/mol. The predicted molar refractivity (Wildman–Crippen MR) is 76.3 cm³/mol. The lowest BCUT2D eigenvalue weighted by Gasteiger charge is -2.09. The summed E-state index contributed by atoms with van der Waals surface area (Å²) in [6, 6.07) is 5.47. The van der Waals surface area contributed by atoms with E-state index in [4.69, 9.17) is 12.2 Å². The minimum Gasteiger partial charge on any atom is -0.362 e. The molecule has 4 nitrogen and oxygen atoms in total. The highest BCUT2D eigenvalue weighted by Gasteiger charge is 2.08. The second kappa shape index (κ2) is 6.85. The molecule has 7 heteroatoms. The molecule has 2 N–H and O–H groups in total. The Bertz CT molecular complexity index is 572. The molecule has 2 aromatic rings. The van der Waals surface area contributed by atoms with Crippen LogP contribution in [0.1, 0.15) is 5.56 Å². The first-order valence-electron chi connectivity index (χ1n) is 5.91. The molecule has 0 unspecified atom stereocenters. The summed E-state index contributed by atoms with van der Waals surface area (Å²) < 4.78 is 26.8. The van der Waals surface area contributed by atoms with Gasteiger partial charge in [0.15, 0.2) is 5.11 Å². The first kappa shape index (κ1) is 14.3. The van der Waals surface area contributed by atoms with E-state index in [1.54, 1.807) is 18.5 Å². The molecule has 0 aliphatic rings. The number of anilines is 1. The van der Waals surface area contributed by atoms with Gasteiger partial charge in [0.1, 0.15) is 11.6 Å². The van der Waals surface area contributed by atoms with Crippen molar-refractivity contribution < 1.29 is 8.78 Å². The van der Waals surface area contributed by atoms with E-state index in [1.807, 2.05) is 0 Å². The number of halogens is 2. The minimum absolute atomic E-state index is 0.0405. The molecule has 1 heterocycles. The molecule has 0 saturated heterocycles. The van der Waals surface area contributed by atoms with Crippen LogP contribution in [-0.2, 0) is 6.42 Å². The second-order valence-electron chi connectivity index (χ2n) is 3.90. The Hall–Kier alpha value is -2.15. The Morgan fingerprint density at radius 3 is 2.40 bits per heavy atom. The van der Waals surface area contributed by atoms with Crippen molar-refractivity contribution in [2.45, 2.75) is 6.42 Å². The number of hydrogen-bond donors (Lipinski definition) is 2. The maximum absolute atomic E-state index is 13.4.